The van der Waals surface area contributed by atoms with Gasteiger partial charge in [0.05, 0.1) is 5.52 Å². The summed E-state index contributed by atoms with van der Waals surface area (Å²) < 4.78 is 15.5. The molecule has 0 N–H and O–H groups in total. The van der Waals surface area contributed by atoms with Gasteiger partial charge in [0.25, 0.3) is 0 Å². The highest BCUT2D eigenvalue weighted by Gasteiger charge is 2.19. The van der Waals surface area contributed by atoms with Crippen molar-refractivity contribution >= 4 is 10.9 Å². The largest absolute Gasteiger partial charge is 0.348 e. The van der Waals surface area contributed by atoms with E-state index in [9.17, 15) is 4.39 Å². The maximum absolute atomic E-state index is 13.6. The molecule has 15 heavy (non-hydrogen) atoms. The van der Waals surface area contributed by atoms with Crippen molar-refractivity contribution in [2.45, 2.75) is 26.2 Å². The van der Waals surface area contributed by atoms with Gasteiger partial charge in [0.2, 0.25) is 0 Å². The third-order valence-corrected chi connectivity index (χ3v) is 2.79. The van der Waals surface area contributed by atoms with Crippen molar-refractivity contribution in [1.82, 2.24) is 4.57 Å². The lowest BCUT2D eigenvalue weighted by atomic mass is 9.85. The van der Waals surface area contributed by atoms with E-state index in [0.717, 1.165) is 5.39 Å². The quantitative estimate of drug-likeness (QED) is 0.619. The second kappa shape index (κ2) is 3.09. The van der Waals surface area contributed by atoms with Crippen LogP contribution in [0.3, 0.4) is 0 Å². The zero-order chi connectivity index (χ0) is 11.2. The Morgan fingerprint density at radius 2 is 1.80 bits per heavy atom. The standard InChI is InChI=1S/C13H16FN/c1-13(2,3)10-5-6-11(14)12-9(10)7-8-15(12)4/h5-8H,1-4H3. The molecular formula is C13H16FN. The summed E-state index contributed by atoms with van der Waals surface area (Å²) in [7, 11) is 1.87. The first kappa shape index (κ1) is 10.2. The number of benzene rings is 1. The van der Waals surface area contributed by atoms with Crippen LogP contribution in [0.4, 0.5) is 4.39 Å². The number of nitrogens with zero attached hydrogens (tertiary/aromatic N) is 1. The number of halogens is 1. The van der Waals surface area contributed by atoms with E-state index < -0.39 is 0 Å². The zero-order valence-electron chi connectivity index (χ0n) is 9.63. The van der Waals surface area contributed by atoms with Crippen LogP contribution in [0.2, 0.25) is 0 Å². The average Bonchev–Trinajstić information content (AvgIpc) is 2.47. The Bertz CT molecular complexity index is 503. The molecule has 0 bridgehead atoms. The van der Waals surface area contributed by atoms with E-state index in [2.05, 4.69) is 20.8 Å². The molecule has 1 aromatic heterocycles. The molecule has 80 valence electrons. The molecule has 0 saturated heterocycles. The highest BCUT2D eigenvalue weighted by atomic mass is 19.1. The number of fused-ring (bicyclic) bond motifs is 1. The van der Waals surface area contributed by atoms with Crippen molar-refractivity contribution < 1.29 is 4.39 Å². The zero-order valence-corrected chi connectivity index (χ0v) is 9.63. The molecule has 0 aliphatic carbocycles. The van der Waals surface area contributed by atoms with Gasteiger partial charge in [-0.15, -0.1) is 0 Å². The lowest BCUT2D eigenvalue weighted by Gasteiger charge is -2.20. The lowest BCUT2D eigenvalue weighted by molar-refractivity contribution is 0.590. The van der Waals surface area contributed by atoms with Gasteiger partial charge < -0.3 is 4.57 Å². The van der Waals surface area contributed by atoms with Crippen molar-refractivity contribution in [1.29, 1.82) is 0 Å². The molecule has 0 spiro atoms. The number of rotatable bonds is 0. The van der Waals surface area contributed by atoms with Gasteiger partial charge in [-0.25, -0.2) is 4.39 Å². The summed E-state index contributed by atoms with van der Waals surface area (Å²) in [6.07, 6.45) is 1.91. The Kier molecular flexibility index (Phi) is 2.10. The van der Waals surface area contributed by atoms with E-state index in [-0.39, 0.29) is 11.2 Å². The molecule has 0 unspecified atom stereocenters. The van der Waals surface area contributed by atoms with Gasteiger partial charge in [-0.2, -0.15) is 0 Å². The normalized spacial score (nSPS) is 12.3. The van der Waals surface area contributed by atoms with E-state index in [4.69, 9.17) is 0 Å². The molecule has 0 radical (unpaired) electrons. The third kappa shape index (κ3) is 1.54. The Morgan fingerprint density at radius 3 is 2.40 bits per heavy atom. The predicted octanol–water partition coefficient (Wildman–Crippen LogP) is 3.61. The van der Waals surface area contributed by atoms with Gasteiger partial charge in [0.15, 0.2) is 0 Å². The average molecular weight is 205 g/mol. The SMILES string of the molecule is Cn1ccc2c(C(C)(C)C)ccc(F)c21. The molecule has 0 atom stereocenters. The molecule has 0 aliphatic rings. The highest BCUT2D eigenvalue weighted by Crippen LogP contribution is 2.31. The minimum atomic E-state index is -0.148. The second-order valence-corrected chi connectivity index (χ2v) is 5.03. The lowest BCUT2D eigenvalue weighted by Crippen LogP contribution is -2.11. The number of hydrogen-bond donors (Lipinski definition) is 0. The van der Waals surface area contributed by atoms with E-state index in [1.165, 1.54) is 5.56 Å². The monoisotopic (exact) mass is 205 g/mol. The van der Waals surface area contributed by atoms with E-state index in [1.807, 2.05) is 29.9 Å². The van der Waals surface area contributed by atoms with E-state index in [0.29, 0.717) is 5.52 Å². The second-order valence-electron chi connectivity index (χ2n) is 5.03. The van der Waals surface area contributed by atoms with Crippen LogP contribution in [-0.2, 0) is 12.5 Å². The molecule has 1 aromatic carbocycles. The molecular weight excluding hydrogens is 189 g/mol. The van der Waals surface area contributed by atoms with Gasteiger partial charge in [-0.1, -0.05) is 26.8 Å². The fraction of sp³-hybridized carbons (Fsp3) is 0.385. The van der Waals surface area contributed by atoms with Crippen LogP contribution in [-0.4, -0.2) is 4.57 Å². The van der Waals surface area contributed by atoms with Crippen LogP contribution in [0.15, 0.2) is 24.4 Å². The molecule has 0 aliphatic heterocycles. The van der Waals surface area contributed by atoms with Crippen LogP contribution in [0.25, 0.3) is 10.9 Å². The molecule has 1 nitrogen and oxygen atoms in total. The predicted molar refractivity (Wildman–Crippen MR) is 61.6 cm³/mol. The number of aryl methyl sites for hydroxylation is 1. The fourth-order valence-electron chi connectivity index (χ4n) is 2.02. The summed E-state index contributed by atoms with van der Waals surface area (Å²) in [4.78, 5) is 0. The Morgan fingerprint density at radius 1 is 1.13 bits per heavy atom. The summed E-state index contributed by atoms with van der Waals surface area (Å²) in [5, 5.41) is 1.02. The van der Waals surface area contributed by atoms with E-state index in [1.54, 1.807) is 6.07 Å². The highest BCUT2D eigenvalue weighted by molar-refractivity contribution is 5.85. The minimum absolute atomic E-state index is 0.0489. The number of hydrogen-bond acceptors (Lipinski definition) is 0. The van der Waals surface area contributed by atoms with Crippen molar-refractivity contribution in [3.63, 3.8) is 0 Å². The van der Waals surface area contributed by atoms with Crippen molar-refractivity contribution in [2.75, 3.05) is 0 Å². The molecule has 2 heteroatoms. The molecule has 0 amide bonds. The Hall–Kier alpha value is -1.31. The Balaban J connectivity index is 2.85. The summed E-state index contributed by atoms with van der Waals surface area (Å²) >= 11 is 0. The van der Waals surface area contributed by atoms with E-state index >= 15 is 0 Å². The minimum Gasteiger partial charge on any atom is -0.348 e. The first-order chi connectivity index (χ1) is 6.91. The van der Waals surface area contributed by atoms with Crippen molar-refractivity contribution in [3.8, 4) is 0 Å². The molecule has 1 heterocycles. The molecule has 0 fully saturated rings. The van der Waals surface area contributed by atoms with Crippen LogP contribution >= 0.6 is 0 Å². The first-order valence-corrected chi connectivity index (χ1v) is 5.15. The smallest absolute Gasteiger partial charge is 0.147 e. The number of aromatic nitrogens is 1. The third-order valence-electron chi connectivity index (χ3n) is 2.79. The summed E-state index contributed by atoms with van der Waals surface area (Å²) in [5.41, 5.74) is 1.94. The fourth-order valence-corrected chi connectivity index (χ4v) is 2.02. The van der Waals surface area contributed by atoms with Gasteiger partial charge in [-0.05, 0) is 23.1 Å². The van der Waals surface area contributed by atoms with Crippen molar-refractivity contribution in [2.24, 2.45) is 7.05 Å². The van der Waals surface area contributed by atoms with Gasteiger partial charge in [-0.3, -0.25) is 0 Å². The van der Waals surface area contributed by atoms with Gasteiger partial charge in [0.1, 0.15) is 5.82 Å². The van der Waals surface area contributed by atoms with Crippen LogP contribution in [0.1, 0.15) is 26.3 Å². The molecule has 2 aromatic rings. The summed E-state index contributed by atoms with van der Waals surface area (Å²) in [6, 6.07) is 5.43. The van der Waals surface area contributed by atoms with Crippen molar-refractivity contribution in [3.05, 3.63) is 35.8 Å². The maximum Gasteiger partial charge on any atom is 0.147 e. The van der Waals surface area contributed by atoms with Gasteiger partial charge in [0, 0.05) is 18.6 Å². The maximum atomic E-state index is 13.6. The summed E-state index contributed by atoms with van der Waals surface area (Å²) in [5.74, 6) is -0.148. The Labute approximate surface area is 89.5 Å². The molecule has 2 rings (SSSR count). The molecule has 0 saturated carbocycles. The first-order valence-electron chi connectivity index (χ1n) is 5.15. The summed E-state index contributed by atoms with van der Waals surface area (Å²) in [6.45, 7) is 6.44. The van der Waals surface area contributed by atoms with Crippen LogP contribution in [0, 0.1) is 5.82 Å². The topological polar surface area (TPSA) is 4.93 Å². The van der Waals surface area contributed by atoms with Crippen LogP contribution in [0.5, 0.6) is 0 Å². The van der Waals surface area contributed by atoms with Crippen LogP contribution < -0.4 is 0 Å². The van der Waals surface area contributed by atoms with Gasteiger partial charge >= 0.3 is 0 Å².